The summed E-state index contributed by atoms with van der Waals surface area (Å²) in [5.74, 6) is 1.52. The first-order chi connectivity index (χ1) is 10.1. The number of rotatable bonds is 6. The Kier molecular flexibility index (Phi) is 5.32. The van der Waals surface area contributed by atoms with E-state index in [0.29, 0.717) is 17.6 Å². The molecule has 1 aliphatic heterocycles. The quantitative estimate of drug-likeness (QED) is 0.616. The van der Waals surface area contributed by atoms with E-state index in [1.54, 1.807) is 0 Å². The monoisotopic (exact) mass is 294 g/mol. The Morgan fingerprint density at radius 3 is 2.76 bits per heavy atom. The Bertz CT molecular complexity index is 487. The molecule has 1 aromatic heterocycles. The van der Waals surface area contributed by atoms with Crippen molar-refractivity contribution in [2.75, 3.05) is 36.5 Å². The van der Waals surface area contributed by atoms with E-state index in [1.807, 2.05) is 6.92 Å². The van der Waals surface area contributed by atoms with Crippen LogP contribution >= 0.6 is 0 Å². The fourth-order valence-electron chi connectivity index (χ4n) is 2.46. The molecule has 2 heterocycles. The average Bonchev–Trinajstić information content (AvgIpc) is 2.52. The van der Waals surface area contributed by atoms with Gasteiger partial charge in [0.05, 0.1) is 17.1 Å². The van der Waals surface area contributed by atoms with Crippen molar-refractivity contribution in [3.05, 3.63) is 22.2 Å². The molecule has 7 heteroatoms. The summed E-state index contributed by atoms with van der Waals surface area (Å²) < 4.78 is 0. The van der Waals surface area contributed by atoms with Crippen LogP contribution in [0, 0.1) is 16.0 Å². The van der Waals surface area contributed by atoms with Gasteiger partial charge >= 0.3 is 0 Å². The van der Waals surface area contributed by atoms with E-state index in [1.165, 1.54) is 12.1 Å². The van der Waals surface area contributed by atoms with E-state index in [9.17, 15) is 15.2 Å². The summed E-state index contributed by atoms with van der Waals surface area (Å²) in [6.45, 7) is 4.52. The highest BCUT2D eigenvalue weighted by Gasteiger charge is 2.21. The van der Waals surface area contributed by atoms with Crippen LogP contribution in [0.5, 0.6) is 0 Å². The number of nitro groups is 1. The van der Waals surface area contributed by atoms with Gasteiger partial charge in [-0.05, 0) is 25.2 Å². The Balaban J connectivity index is 2.17. The second kappa shape index (κ2) is 7.21. The number of nitrogens with zero attached hydrogens (tertiary/aromatic N) is 3. The molecule has 0 bridgehead atoms. The van der Waals surface area contributed by atoms with Crippen LogP contribution in [0.25, 0.3) is 0 Å². The average molecular weight is 294 g/mol. The molecule has 0 aromatic carbocycles. The molecule has 1 aromatic rings. The number of pyridine rings is 1. The van der Waals surface area contributed by atoms with Crippen LogP contribution < -0.4 is 10.2 Å². The molecule has 0 unspecified atom stereocenters. The molecule has 7 nitrogen and oxygen atoms in total. The first-order valence-electron chi connectivity index (χ1n) is 7.40. The fraction of sp³-hybridized carbons (Fsp3) is 0.643. The Labute approximate surface area is 124 Å². The van der Waals surface area contributed by atoms with Gasteiger partial charge in [-0.25, -0.2) is 4.98 Å². The maximum absolute atomic E-state index is 11.1. The lowest BCUT2D eigenvalue weighted by molar-refractivity contribution is -0.384. The highest BCUT2D eigenvalue weighted by molar-refractivity contribution is 5.56. The molecular formula is C14H22N4O3. The lowest BCUT2D eigenvalue weighted by atomic mass is 9.98. The van der Waals surface area contributed by atoms with Crippen LogP contribution in [-0.2, 0) is 0 Å². The predicted octanol–water partition coefficient (Wildman–Crippen LogP) is 2.02. The summed E-state index contributed by atoms with van der Waals surface area (Å²) in [7, 11) is 0. The van der Waals surface area contributed by atoms with E-state index >= 15 is 0 Å². The number of anilines is 2. The van der Waals surface area contributed by atoms with Gasteiger partial charge in [0.2, 0.25) is 0 Å². The normalized spacial score (nSPS) is 16.0. The zero-order valence-electron chi connectivity index (χ0n) is 12.3. The summed E-state index contributed by atoms with van der Waals surface area (Å²) in [5, 5.41) is 23.3. The maximum Gasteiger partial charge on any atom is 0.276 e. The van der Waals surface area contributed by atoms with Gasteiger partial charge in [-0.1, -0.05) is 6.92 Å². The summed E-state index contributed by atoms with van der Waals surface area (Å²) >= 11 is 0. The fourth-order valence-corrected chi connectivity index (χ4v) is 2.46. The molecule has 2 N–H and O–H groups in total. The van der Waals surface area contributed by atoms with Crippen molar-refractivity contribution in [2.45, 2.75) is 26.2 Å². The van der Waals surface area contributed by atoms with E-state index in [0.717, 1.165) is 38.9 Å². The number of aliphatic hydroxyl groups is 1. The minimum atomic E-state index is -0.386. The first-order valence-corrected chi connectivity index (χ1v) is 7.40. The van der Waals surface area contributed by atoms with Crippen molar-refractivity contribution in [1.29, 1.82) is 0 Å². The van der Waals surface area contributed by atoms with Crippen molar-refractivity contribution in [3.8, 4) is 0 Å². The second-order valence-electron chi connectivity index (χ2n) is 5.37. The van der Waals surface area contributed by atoms with Crippen LogP contribution in [0.1, 0.15) is 26.2 Å². The number of aromatic nitrogens is 1. The van der Waals surface area contributed by atoms with E-state index in [-0.39, 0.29) is 17.2 Å². The van der Waals surface area contributed by atoms with E-state index < -0.39 is 0 Å². The molecule has 0 spiro atoms. The number of hydrogen-bond donors (Lipinski definition) is 2. The molecule has 0 atom stereocenters. The molecule has 0 aliphatic carbocycles. The van der Waals surface area contributed by atoms with Gasteiger partial charge in [0.15, 0.2) is 0 Å². The summed E-state index contributed by atoms with van der Waals surface area (Å²) in [6, 6.07) is 3.00. The van der Waals surface area contributed by atoms with E-state index in [4.69, 9.17) is 0 Å². The molecule has 1 saturated heterocycles. The van der Waals surface area contributed by atoms with Crippen LogP contribution in [0.3, 0.4) is 0 Å². The van der Waals surface area contributed by atoms with Crippen LogP contribution in [0.2, 0.25) is 0 Å². The van der Waals surface area contributed by atoms with Gasteiger partial charge in [-0.2, -0.15) is 0 Å². The minimum absolute atomic E-state index is 0.0582. The molecule has 0 radical (unpaired) electrons. The largest absolute Gasteiger partial charge is 0.396 e. The van der Waals surface area contributed by atoms with Crippen LogP contribution in [-0.4, -0.2) is 41.3 Å². The Morgan fingerprint density at radius 2 is 2.19 bits per heavy atom. The van der Waals surface area contributed by atoms with Gasteiger partial charge in [-0.3, -0.25) is 10.1 Å². The molecule has 2 rings (SSSR count). The summed E-state index contributed by atoms with van der Waals surface area (Å²) in [5.41, 5.74) is 0.0582. The highest BCUT2D eigenvalue weighted by Crippen LogP contribution is 2.27. The zero-order valence-corrected chi connectivity index (χ0v) is 12.3. The number of aliphatic hydroxyl groups excluding tert-OH is 1. The van der Waals surface area contributed by atoms with Crippen molar-refractivity contribution >= 4 is 17.3 Å². The summed E-state index contributed by atoms with van der Waals surface area (Å²) in [6.07, 6.45) is 2.71. The van der Waals surface area contributed by atoms with Crippen molar-refractivity contribution in [2.24, 2.45) is 5.92 Å². The third-order valence-corrected chi connectivity index (χ3v) is 3.76. The van der Waals surface area contributed by atoms with E-state index in [2.05, 4.69) is 15.2 Å². The van der Waals surface area contributed by atoms with Gasteiger partial charge in [-0.15, -0.1) is 0 Å². The number of piperidine rings is 1. The second-order valence-corrected chi connectivity index (χ2v) is 5.37. The maximum atomic E-state index is 11.1. The van der Waals surface area contributed by atoms with Gasteiger partial charge in [0.25, 0.3) is 5.69 Å². The molecular weight excluding hydrogens is 272 g/mol. The smallest absolute Gasteiger partial charge is 0.276 e. The van der Waals surface area contributed by atoms with Gasteiger partial charge in [0.1, 0.15) is 11.6 Å². The predicted molar refractivity (Wildman–Crippen MR) is 81.7 cm³/mol. The standard InChI is InChI=1S/C14H22N4O3/c1-2-5-15-13-8-12(18(20)21)9-14(16-13)17-6-3-11(10-19)4-7-17/h8-9,11,19H,2-7,10H2,1H3,(H,15,16). The zero-order chi connectivity index (χ0) is 15.2. The van der Waals surface area contributed by atoms with Gasteiger partial charge < -0.3 is 15.3 Å². The third-order valence-electron chi connectivity index (χ3n) is 3.76. The van der Waals surface area contributed by atoms with Crippen LogP contribution in [0.4, 0.5) is 17.3 Å². The highest BCUT2D eigenvalue weighted by atomic mass is 16.6. The van der Waals surface area contributed by atoms with Crippen molar-refractivity contribution < 1.29 is 10.0 Å². The molecule has 0 amide bonds. The number of hydrogen-bond acceptors (Lipinski definition) is 6. The molecule has 1 aliphatic rings. The Hall–Kier alpha value is -1.89. The molecule has 21 heavy (non-hydrogen) atoms. The van der Waals surface area contributed by atoms with Crippen LogP contribution in [0.15, 0.2) is 12.1 Å². The SMILES string of the molecule is CCCNc1cc([N+](=O)[O-])cc(N2CCC(CO)CC2)n1. The Morgan fingerprint density at radius 1 is 1.48 bits per heavy atom. The minimum Gasteiger partial charge on any atom is -0.396 e. The molecule has 116 valence electrons. The van der Waals surface area contributed by atoms with Gasteiger partial charge in [0, 0.05) is 26.2 Å². The first kappa shape index (κ1) is 15.5. The van der Waals surface area contributed by atoms with Crippen molar-refractivity contribution in [3.63, 3.8) is 0 Å². The molecule has 1 fully saturated rings. The van der Waals surface area contributed by atoms with Crippen molar-refractivity contribution in [1.82, 2.24) is 4.98 Å². The number of nitrogens with one attached hydrogen (secondary N) is 1. The topological polar surface area (TPSA) is 91.5 Å². The molecule has 0 saturated carbocycles. The lowest BCUT2D eigenvalue weighted by Crippen LogP contribution is -2.35. The lowest BCUT2D eigenvalue weighted by Gasteiger charge is -2.32. The third kappa shape index (κ3) is 4.04. The summed E-state index contributed by atoms with van der Waals surface area (Å²) in [4.78, 5) is 17.2.